The summed E-state index contributed by atoms with van der Waals surface area (Å²) in [6, 6.07) is 5.94. The molecule has 1 aromatic rings. The van der Waals surface area contributed by atoms with Gasteiger partial charge in [-0.25, -0.2) is 0 Å². The van der Waals surface area contributed by atoms with Gasteiger partial charge in [0.2, 0.25) is 0 Å². The average Bonchev–Trinajstić information content (AvgIpc) is 2.40. The van der Waals surface area contributed by atoms with Crippen LogP contribution in [-0.4, -0.2) is 24.7 Å². The van der Waals surface area contributed by atoms with Gasteiger partial charge in [-0.05, 0) is 66.9 Å². The van der Waals surface area contributed by atoms with Gasteiger partial charge in [-0.1, -0.05) is 11.6 Å². The van der Waals surface area contributed by atoms with Gasteiger partial charge in [-0.15, -0.1) is 0 Å². The number of thioether (sulfide) groups is 1. The minimum Gasteiger partial charge on any atom is -0.496 e. The number of nitrogens with two attached hydrogens (primary N) is 1. The van der Waals surface area contributed by atoms with Crippen LogP contribution in [0.25, 0.3) is 0 Å². The molecule has 1 saturated heterocycles. The van der Waals surface area contributed by atoms with Crippen LogP contribution >= 0.6 is 23.4 Å². The Morgan fingerprint density at radius 2 is 2.16 bits per heavy atom. The fourth-order valence-corrected chi connectivity index (χ4v) is 4.08. The molecule has 0 aliphatic carbocycles. The Morgan fingerprint density at radius 1 is 1.42 bits per heavy atom. The van der Waals surface area contributed by atoms with E-state index in [0.717, 1.165) is 35.1 Å². The second-order valence-corrected chi connectivity index (χ2v) is 6.87. The lowest BCUT2D eigenvalue weighted by Gasteiger charge is -2.24. The Balaban J connectivity index is 1.93. The second-order valence-electron chi connectivity index (χ2n) is 5.21. The van der Waals surface area contributed by atoms with Gasteiger partial charge >= 0.3 is 0 Å². The molecule has 2 rings (SSSR count). The maximum atomic E-state index is 6.30. The van der Waals surface area contributed by atoms with E-state index in [1.165, 1.54) is 24.3 Å². The molecule has 1 fully saturated rings. The Labute approximate surface area is 125 Å². The Bertz CT molecular complexity index is 407. The standard InChI is InChI=1S/C15H22ClNOS/c1-18-15-3-2-13(16)9-12(15)10-14(17)8-11-4-6-19-7-5-11/h2-3,9,11,14H,4-8,10,17H2,1H3. The molecular weight excluding hydrogens is 278 g/mol. The van der Waals surface area contributed by atoms with E-state index in [-0.39, 0.29) is 6.04 Å². The molecule has 0 aromatic heterocycles. The molecule has 4 heteroatoms. The smallest absolute Gasteiger partial charge is 0.122 e. The third-order valence-corrected chi connectivity index (χ3v) is 4.99. The highest BCUT2D eigenvalue weighted by atomic mass is 35.5. The predicted octanol–water partition coefficient (Wildman–Crippen LogP) is 3.75. The van der Waals surface area contributed by atoms with Gasteiger partial charge in [0, 0.05) is 11.1 Å². The Morgan fingerprint density at radius 3 is 2.84 bits per heavy atom. The lowest BCUT2D eigenvalue weighted by atomic mass is 9.91. The number of ether oxygens (including phenoxy) is 1. The molecule has 2 nitrogen and oxygen atoms in total. The van der Waals surface area contributed by atoms with Gasteiger partial charge in [0.1, 0.15) is 5.75 Å². The van der Waals surface area contributed by atoms with E-state index in [2.05, 4.69) is 11.8 Å². The molecule has 106 valence electrons. The summed E-state index contributed by atoms with van der Waals surface area (Å²) >= 11 is 8.11. The summed E-state index contributed by atoms with van der Waals surface area (Å²) in [5, 5.41) is 0.747. The van der Waals surface area contributed by atoms with E-state index < -0.39 is 0 Å². The number of rotatable bonds is 5. The number of halogens is 1. The van der Waals surface area contributed by atoms with Crippen molar-refractivity contribution in [3.8, 4) is 5.75 Å². The maximum Gasteiger partial charge on any atom is 0.122 e. The second kappa shape index (κ2) is 7.41. The molecule has 1 aliphatic rings. The molecule has 0 saturated carbocycles. The lowest BCUT2D eigenvalue weighted by molar-refractivity contribution is 0.390. The van der Waals surface area contributed by atoms with Crippen molar-refractivity contribution < 1.29 is 4.74 Å². The van der Waals surface area contributed by atoms with E-state index in [1.807, 2.05) is 18.2 Å². The largest absolute Gasteiger partial charge is 0.496 e. The summed E-state index contributed by atoms with van der Waals surface area (Å²) in [5.74, 6) is 4.26. The third-order valence-electron chi connectivity index (χ3n) is 3.70. The quantitative estimate of drug-likeness (QED) is 0.899. The van der Waals surface area contributed by atoms with Crippen LogP contribution < -0.4 is 10.5 Å². The Kier molecular flexibility index (Phi) is 5.86. The fraction of sp³-hybridized carbons (Fsp3) is 0.600. The monoisotopic (exact) mass is 299 g/mol. The molecule has 19 heavy (non-hydrogen) atoms. The minimum absolute atomic E-state index is 0.195. The average molecular weight is 300 g/mol. The lowest BCUT2D eigenvalue weighted by Crippen LogP contribution is -2.27. The zero-order valence-corrected chi connectivity index (χ0v) is 13.0. The summed E-state index contributed by atoms with van der Waals surface area (Å²) in [6.07, 6.45) is 4.57. The first-order valence-corrected chi connectivity index (χ1v) is 8.38. The number of benzene rings is 1. The van der Waals surface area contributed by atoms with Crippen LogP contribution in [0.1, 0.15) is 24.8 Å². The van der Waals surface area contributed by atoms with Gasteiger partial charge < -0.3 is 10.5 Å². The molecule has 1 aromatic carbocycles. The first kappa shape index (κ1) is 15.0. The van der Waals surface area contributed by atoms with Crippen LogP contribution in [0, 0.1) is 5.92 Å². The summed E-state index contributed by atoms with van der Waals surface area (Å²) < 4.78 is 5.37. The summed E-state index contributed by atoms with van der Waals surface area (Å²) in [6.45, 7) is 0. The van der Waals surface area contributed by atoms with Crippen LogP contribution in [0.4, 0.5) is 0 Å². The molecule has 1 aliphatic heterocycles. The normalized spacial score (nSPS) is 18.3. The van der Waals surface area contributed by atoms with E-state index in [4.69, 9.17) is 22.1 Å². The molecule has 1 unspecified atom stereocenters. The van der Waals surface area contributed by atoms with Crippen molar-refractivity contribution in [2.75, 3.05) is 18.6 Å². The Hall–Kier alpha value is -0.380. The van der Waals surface area contributed by atoms with Crippen molar-refractivity contribution in [2.24, 2.45) is 11.7 Å². The predicted molar refractivity (Wildman–Crippen MR) is 84.3 cm³/mol. The zero-order chi connectivity index (χ0) is 13.7. The first-order chi connectivity index (χ1) is 9.19. The molecule has 0 amide bonds. The molecule has 0 bridgehead atoms. The molecule has 2 N–H and O–H groups in total. The molecule has 0 spiro atoms. The van der Waals surface area contributed by atoms with Gasteiger partial charge in [-0.2, -0.15) is 11.8 Å². The highest BCUT2D eigenvalue weighted by molar-refractivity contribution is 7.99. The minimum atomic E-state index is 0.195. The van der Waals surface area contributed by atoms with Crippen molar-refractivity contribution in [1.29, 1.82) is 0 Å². The summed E-state index contributed by atoms with van der Waals surface area (Å²) in [5.41, 5.74) is 7.42. The number of methoxy groups -OCH3 is 1. The van der Waals surface area contributed by atoms with Crippen molar-refractivity contribution in [2.45, 2.75) is 31.7 Å². The molecule has 1 atom stereocenters. The van der Waals surface area contributed by atoms with Crippen LogP contribution in [0.2, 0.25) is 5.02 Å². The van der Waals surface area contributed by atoms with Crippen molar-refractivity contribution in [1.82, 2.24) is 0 Å². The number of hydrogen-bond acceptors (Lipinski definition) is 3. The SMILES string of the molecule is COc1ccc(Cl)cc1CC(N)CC1CCSCC1. The van der Waals surface area contributed by atoms with Crippen molar-refractivity contribution in [3.05, 3.63) is 28.8 Å². The fourth-order valence-electron chi connectivity index (χ4n) is 2.68. The zero-order valence-electron chi connectivity index (χ0n) is 11.4. The van der Waals surface area contributed by atoms with Gasteiger partial charge in [-0.3, -0.25) is 0 Å². The molecule has 1 heterocycles. The van der Waals surface area contributed by atoms with Crippen LogP contribution in [-0.2, 0) is 6.42 Å². The van der Waals surface area contributed by atoms with E-state index >= 15 is 0 Å². The summed E-state index contributed by atoms with van der Waals surface area (Å²) in [4.78, 5) is 0. The van der Waals surface area contributed by atoms with Gasteiger partial charge in [0.05, 0.1) is 7.11 Å². The summed E-state index contributed by atoms with van der Waals surface area (Å²) in [7, 11) is 1.69. The topological polar surface area (TPSA) is 35.2 Å². The van der Waals surface area contributed by atoms with E-state index in [1.54, 1.807) is 7.11 Å². The highest BCUT2D eigenvalue weighted by Crippen LogP contribution is 2.28. The molecule has 0 radical (unpaired) electrons. The van der Waals surface area contributed by atoms with Crippen LogP contribution in [0.5, 0.6) is 5.75 Å². The van der Waals surface area contributed by atoms with Crippen LogP contribution in [0.3, 0.4) is 0 Å². The van der Waals surface area contributed by atoms with Gasteiger partial charge in [0.15, 0.2) is 0 Å². The maximum absolute atomic E-state index is 6.30. The van der Waals surface area contributed by atoms with E-state index in [0.29, 0.717) is 0 Å². The third kappa shape index (κ3) is 4.59. The highest BCUT2D eigenvalue weighted by Gasteiger charge is 2.18. The first-order valence-electron chi connectivity index (χ1n) is 6.84. The molecular formula is C15H22ClNOS. The van der Waals surface area contributed by atoms with Crippen molar-refractivity contribution >= 4 is 23.4 Å². The van der Waals surface area contributed by atoms with Crippen molar-refractivity contribution in [3.63, 3.8) is 0 Å². The number of hydrogen-bond donors (Lipinski definition) is 1. The van der Waals surface area contributed by atoms with Crippen LogP contribution in [0.15, 0.2) is 18.2 Å². The van der Waals surface area contributed by atoms with E-state index in [9.17, 15) is 0 Å². The van der Waals surface area contributed by atoms with Gasteiger partial charge in [0.25, 0.3) is 0 Å².